The molecule has 39 heavy (non-hydrogen) atoms. The summed E-state index contributed by atoms with van der Waals surface area (Å²) in [7, 11) is 9.22. The number of allylic oxidation sites excluding steroid dienone is 1. The van der Waals surface area contributed by atoms with Gasteiger partial charge in [-0.25, -0.2) is 9.97 Å². The van der Waals surface area contributed by atoms with Gasteiger partial charge in [-0.05, 0) is 64.7 Å². The van der Waals surface area contributed by atoms with E-state index in [1.807, 2.05) is 35.0 Å². The van der Waals surface area contributed by atoms with Crippen LogP contribution in [-0.4, -0.2) is 51.0 Å². The summed E-state index contributed by atoms with van der Waals surface area (Å²) in [5, 5.41) is 18.8. The minimum Gasteiger partial charge on any atom is -0.373 e. The van der Waals surface area contributed by atoms with Crippen molar-refractivity contribution in [3.63, 3.8) is 0 Å². The van der Waals surface area contributed by atoms with E-state index < -0.39 is 0 Å². The Morgan fingerprint density at radius 2 is 1.31 bits per heavy atom. The van der Waals surface area contributed by atoms with Gasteiger partial charge in [0.15, 0.2) is 11.0 Å². The first-order valence-corrected chi connectivity index (χ1v) is 13.5. The molecule has 1 aliphatic heterocycles. The van der Waals surface area contributed by atoms with E-state index in [1.54, 1.807) is 14.1 Å². The monoisotopic (exact) mass is 520 g/mol. The summed E-state index contributed by atoms with van der Waals surface area (Å²) in [4.78, 5) is 23.2. The molecule has 0 fully saturated rings. The Kier molecular flexibility index (Phi) is 6.80. The predicted molar refractivity (Wildman–Crippen MR) is 166 cm³/mol. The van der Waals surface area contributed by atoms with Gasteiger partial charge in [0.1, 0.15) is 17.5 Å². The molecule has 8 heteroatoms. The number of benzene rings is 3. The van der Waals surface area contributed by atoms with Gasteiger partial charge in [-0.2, -0.15) is 0 Å². The fourth-order valence-electron chi connectivity index (χ4n) is 5.68. The summed E-state index contributed by atoms with van der Waals surface area (Å²) in [5.74, 6) is 2.54. The van der Waals surface area contributed by atoms with Crippen molar-refractivity contribution >= 4 is 66.3 Å². The lowest BCUT2D eigenvalue weighted by Gasteiger charge is -2.12. The van der Waals surface area contributed by atoms with Crippen LogP contribution < -0.4 is 26.9 Å². The highest BCUT2D eigenvalue weighted by Gasteiger charge is 2.27. The number of rotatable bonds is 3. The van der Waals surface area contributed by atoms with Gasteiger partial charge in [0.25, 0.3) is 0 Å². The Hall–Kier alpha value is -4.33. The predicted octanol–water partition coefficient (Wildman–Crippen LogP) is 5.26. The molecule has 0 aliphatic carbocycles. The minimum atomic E-state index is 0.722. The van der Waals surface area contributed by atoms with E-state index in [0.717, 1.165) is 89.2 Å². The SMILES string of the molecule is CC.CC/C(C)=C1/NC(=NC)c2cc3c(cc21)c1cc2c(NC)nc(=NC)c2cc1c1c(=NC)nc(NC)c31. The van der Waals surface area contributed by atoms with Crippen LogP contribution in [0.4, 0.5) is 11.6 Å². The molecule has 8 nitrogen and oxygen atoms in total. The van der Waals surface area contributed by atoms with Crippen LogP contribution in [0.15, 0.2) is 44.8 Å². The number of aromatic nitrogens is 2. The number of hydrogen-bond donors (Lipinski definition) is 3. The van der Waals surface area contributed by atoms with E-state index in [-0.39, 0.29) is 0 Å². The summed E-state index contributed by atoms with van der Waals surface area (Å²) in [5.41, 5.74) is 6.18. The molecule has 0 saturated heterocycles. The van der Waals surface area contributed by atoms with Crippen molar-refractivity contribution in [3.8, 4) is 0 Å². The number of aliphatic imine (C=N–C) groups is 1. The number of nitrogens with zero attached hydrogens (tertiary/aromatic N) is 5. The first-order chi connectivity index (χ1) is 19.0. The number of hydrogen-bond acceptors (Lipinski definition) is 7. The van der Waals surface area contributed by atoms with Crippen LogP contribution in [0.1, 0.15) is 45.2 Å². The van der Waals surface area contributed by atoms with Crippen molar-refractivity contribution in [1.82, 2.24) is 15.3 Å². The second kappa shape index (κ2) is 10.1. The molecular weight excluding hydrogens is 484 g/mol. The van der Waals surface area contributed by atoms with Crippen molar-refractivity contribution in [2.24, 2.45) is 15.0 Å². The zero-order chi connectivity index (χ0) is 28.0. The fraction of sp³-hybridized carbons (Fsp3) is 0.323. The molecule has 3 aromatic carbocycles. The smallest absolute Gasteiger partial charge is 0.158 e. The van der Waals surface area contributed by atoms with E-state index in [1.165, 1.54) is 11.1 Å². The van der Waals surface area contributed by atoms with Crippen molar-refractivity contribution < 1.29 is 0 Å². The summed E-state index contributed by atoms with van der Waals surface area (Å²) in [6.07, 6.45) is 0.962. The second-order valence-corrected chi connectivity index (χ2v) is 9.36. The molecular formula is C31H36N8. The van der Waals surface area contributed by atoms with Crippen molar-refractivity contribution in [1.29, 1.82) is 0 Å². The van der Waals surface area contributed by atoms with E-state index in [2.05, 4.69) is 69.0 Å². The highest BCUT2D eigenvalue weighted by Crippen LogP contribution is 2.42. The first-order valence-electron chi connectivity index (χ1n) is 13.5. The van der Waals surface area contributed by atoms with Crippen molar-refractivity contribution in [2.45, 2.75) is 34.1 Å². The molecule has 1 aliphatic rings. The maximum atomic E-state index is 4.88. The highest BCUT2D eigenvalue weighted by atomic mass is 15.0. The number of fused-ring (bicyclic) bond motifs is 8. The Balaban J connectivity index is 0.00000151. The van der Waals surface area contributed by atoms with Gasteiger partial charge in [-0.1, -0.05) is 20.8 Å². The maximum absolute atomic E-state index is 4.88. The molecule has 0 atom stereocenters. The zero-order valence-corrected chi connectivity index (χ0v) is 24.3. The zero-order valence-electron chi connectivity index (χ0n) is 24.3. The second-order valence-electron chi connectivity index (χ2n) is 9.36. The summed E-state index contributed by atoms with van der Waals surface area (Å²) < 4.78 is 0. The standard InChI is InChI=1S/C29H30N8.C2H6/c1-8-13(2)24-18-9-14-15-10-20-21(27(32-5)36-26(20)31-4)12-17(15)23-22(28(33-6)37-29(23)34-7)16(14)11-19(18)25(30-3)35-24;1-2/h9-12H,8H2,1-7H3,(H,30,35)(H,31,32,36)(H,33,34,37);1-2H3/b24-13+;. The molecule has 3 N–H and O–H groups in total. The fourth-order valence-corrected chi connectivity index (χ4v) is 5.68. The Bertz CT molecular complexity index is 1950. The Morgan fingerprint density at radius 1 is 0.718 bits per heavy atom. The Labute approximate surface area is 228 Å². The number of anilines is 2. The van der Waals surface area contributed by atoms with Crippen LogP contribution in [0.2, 0.25) is 0 Å². The third kappa shape index (κ3) is 3.69. The van der Waals surface area contributed by atoms with Gasteiger partial charge in [0.2, 0.25) is 0 Å². The molecule has 5 aromatic rings. The summed E-state index contributed by atoms with van der Waals surface area (Å²) >= 11 is 0. The van der Waals surface area contributed by atoms with Gasteiger partial charge in [0.05, 0.1) is 0 Å². The maximum Gasteiger partial charge on any atom is 0.158 e. The topological polar surface area (TPSA) is 99.0 Å². The normalized spacial score (nSPS) is 16.3. The quantitative estimate of drug-likeness (QED) is 0.282. The van der Waals surface area contributed by atoms with E-state index in [4.69, 9.17) is 9.97 Å². The molecule has 0 bridgehead atoms. The average Bonchev–Trinajstić information content (AvgIpc) is 3.66. The molecule has 2 aromatic heterocycles. The Morgan fingerprint density at radius 3 is 1.92 bits per heavy atom. The third-order valence-corrected chi connectivity index (χ3v) is 7.63. The molecule has 3 heterocycles. The van der Waals surface area contributed by atoms with Gasteiger partial charge in [0, 0.05) is 73.6 Å². The molecule has 0 amide bonds. The van der Waals surface area contributed by atoms with E-state index >= 15 is 0 Å². The molecule has 6 rings (SSSR count). The first kappa shape index (κ1) is 26.3. The highest BCUT2D eigenvalue weighted by molar-refractivity contribution is 6.31. The van der Waals surface area contributed by atoms with Gasteiger partial charge < -0.3 is 16.0 Å². The van der Waals surface area contributed by atoms with Crippen molar-refractivity contribution in [3.05, 3.63) is 51.9 Å². The van der Waals surface area contributed by atoms with Gasteiger partial charge >= 0.3 is 0 Å². The molecule has 0 saturated carbocycles. The molecule has 0 radical (unpaired) electrons. The summed E-state index contributed by atoms with van der Waals surface area (Å²) in [6, 6.07) is 9.02. The molecule has 0 unspecified atom stereocenters. The lowest BCUT2D eigenvalue weighted by molar-refractivity contribution is 1.08. The largest absolute Gasteiger partial charge is 0.373 e. The number of nitrogens with one attached hydrogen (secondary N) is 3. The lowest BCUT2D eigenvalue weighted by atomic mass is 9.91. The van der Waals surface area contributed by atoms with Gasteiger partial charge in [-0.15, -0.1) is 0 Å². The number of amidine groups is 1. The van der Waals surface area contributed by atoms with E-state index in [0.29, 0.717) is 0 Å². The van der Waals surface area contributed by atoms with Crippen molar-refractivity contribution in [2.75, 3.05) is 45.9 Å². The van der Waals surface area contributed by atoms with Crippen LogP contribution in [-0.2, 0) is 0 Å². The molecule has 0 spiro atoms. The van der Waals surface area contributed by atoms with Crippen LogP contribution in [0.5, 0.6) is 0 Å². The van der Waals surface area contributed by atoms with Crippen LogP contribution >= 0.6 is 0 Å². The summed E-state index contributed by atoms with van der Waals surface area (Å²) in [6.45, 7) is 8.36. The van der Waals surface area contributed by atoms with Crippen LogP contribution in [0, 0.1) is 0 Å². The van der Waals surface area contributed by atoms with E-state index in [9.17, 15) is 0 Å². The minimum absolute atomic E-state index is 0.722. The van der Waals surface area contributed by atoms with Crippen LogP contribution in [0.25, 0.3) is 48.8 Å². The third-order valence-electron chi connectivity index (χ3n) is 7.63. The lowest BCUT2D eigenvalue weighted by Crippen LogP contribution is -2.14. The van der Waals surface area contributed by atoms with Crippen LogP contribution in [0.3, 0.4) is 0 Å². The average molecular weight is 521 g/mol. The van der Waals surface area contributed by atoms with Gasteiger partial charge in [-0.3, -0.25) is 15.0 Å². The molecule has 200 valence electrons.